The Labute approximate surface area is 162 Å². The maximum atomic E-state index is 6.53. The molecule has 3 rings (SSSR count). The number of nitrogens with one attached hydrogen (secondary N) is 1. The van der Waals surface area contributed by atoms with E-state index in [1.807, 2.05) is 19.2 Å². The van der Waals surface area contributed by atoms with Gasteiger partial charge in [-0.2, -0.15) is 0 Å². The summed E-state index contributed by atoms with van der Waals surface area (Å²) >= 11 is 6.53. The Morgan fingerprint density at radius 2 is 2.00 bits per heavy atom. The van der Waals surface area contributed by atoms with Gasteiger partial charge in [-0.05, 0) is 23.5 Å². The molecule has 0 spiro atoms. The molecule has 144 valence electrons. The molecule has 2 aliphatic rings. The van der Waals surface area contributed by atoms with Crippen molar-refractivity contribution >= 4 is 17.6 Å². The zero-order valence-corrected chi connectivity index (χ0v) is 16.9. The largest absolute Gasteiger partial charge is 0.379 e. The number of ether oxygens (including phenoxy) is 1. The van der Waals surface area contributed by atoms with Gasteiger partial charge in [0.25, 0.3) is 0 Å². The van der Waals surface area contributed by atoms with Crippen LogP contribution in [-0.4, -0.2) is 68.7 Å². The molecule has 0 aliphatic carbocycles. The highest BCUT2D eigenvalue weighted by atomic mass is 35.5. The first-order chi connectivity index (χ1) is 12.5. The predicted octanol–water partition coefficient (Wildman–Crippen LogP) is 3.02. The summed E-state index contributed by atoms with van der Waals surface area (Å²) in [6.07, 6.45) is 1.20. The summed E-state index contributed by atoms with van der Waals surface area (Å²) in [6, 6.07) is 8.36. The number of benzene rings is 1. The van der Waals surface area contributed by atoms with Crippen LogP contribution in [0.3, 0.4) is 0 Å². The second kappa shape index (κ2) is 8.59. The van der Waals surface area contributed by atoms with Crippen LogP contribution in [0, 0.1) is 5.41 Å². The number of hydrogen-bond acceptors (Lipinski definition) is 3. The number of halogens is 1. The summed E-state index contributed by atoms with van der Waals surface area (Å²) in [4.78, 5) is 9.35. The number of likely N-dealkylation sites (tertiary alicyclic amines) is 1. The van der Waals surface area contributed by atoms with E-state index in [0.717, 1.165) is 56.9 Å². The normalized spacial score (nSPS) is 22.5. The van der Waals surface area contributed by atoms with E-state index in [-0.39, 0.29) is 6.04 Å². The lowest BCUT2D eigenvalue weighted by Gasteiger charge is -2.36. The lowest BCUT2D eigenvalue weighted by molar-refractivity contribution is 0.0169. The van der Waals surface area contributed by atoms with Crippen molar-refractivity contribution in [2.24, 2.45) is 10.4 Å². The van der Waals surface area contributed by atoms with E-state index in [4.69, 9.17) is 16.3 Å². The number of rotatable bonds is 4. The van der Waals surface area contributed by atoms with Crippen LogP contribution in [0.1, 0.15) is 31.9 Å². The Morgan fingerprint density at radius 3 is 2.62 bits per heavy atom. The minimum atomic E-state index is 0.208. The van der Waals surface area contributed by atoms with Crippen LogP contribution >= 0.6 is 11.6 Å². The van der Waals surface area contributed by atoms with Crippen molar-refractivity contribution in [3.05, 3.63) is 34.9 Å². The third-order valence-electron chi connectivity index (χ3n) is 5.39. The minimum Gasteiger partial charge on any atom is -0.379 e. The van der Waals surface area contributed by atoms with Gasteiger partial charge in [0.2, 0.25) is 0 Å². The minimum absolute atomic E-state index is 0.208. The van der Waals surface area contributed by atoms with E-state index in [1.54, 1.807) is 0 Å². The Morgan fingerprint density at radius 1 is 1.27 bits per heavy atom. The van der Waals surface area contributed by atoms with Crippen molar-refractivity contribution in [2.75, 3.05) is 53.0 Å². The van der Waals surface area contributed by atoms with Crippen molar-refractivity contribution < 1.29 is 4.74 Å². The van der Waals surface area contributed by atoms with Crippen LogP contribution in [0.25, 0.3) is 0 Å². The molecule has 5 nitrogen and oxygen atoms in total. The van der Waals surface area contributed by atoms with E-state index in [2.05, 4.69) is 46.1 Å². The number of nitrogens with zero attached hydrogens (tertiary/aromatic N) is 3. The molecule has 1 atom stereocenters. The Kier molecular flexibility index (Phi) is 6.43. The van der Waals surface area contributed by atoms with Crippen LogP contribution in [0.5, 0.6) is 0 Å². The molecule has 2 heterocycles. The fourth-order valence-electron chi connectivity index (χ4n) is 3.88. The molecule has 1 unspecified atom stereocenters. The average molecular weight is 379 g/mol. The van der Waals surface area contributed by atoms with Gasteiger partial charge < -0.3 is 15.0 Å². The molecule has 1 aromatic rings. The first kappa shape index (κ1) is 19.5. The second-order valence-corrected chi connectivity index (χ2v) is 8.36. The smallest absolute Gasteiger partial charge is 0.193 e. The van der Waals surface area contributed by atoms with E-state index in [9.17, 15) is 0 Å². The molecule has 0 saturated carbocycles. The summed E-state index contributed by atoms with van der Waals surface area (Å²) in [5, 5.41) is 4.43. The van der Waals surface area contributed by atoms with Gasteiger partial charge in [-0.1, -0.05) is 43.6 Å². The number of guanidine groups is 1. The molecule has 0 bridgehead atoms. The lowest BCUT2D eigenvalue weighted by Crippen LogP contribution is -2.47. The number of hydrogen-bond donors (Lipinski definition) is 1. The molecule has 0 radical (unpaired) electrons. The highest BCUT2D eigenvalue weighted by Crippen LogP contribution is 2.30. The molecule has 1 aromatic carbocycles. The molecule has 2 saturated heterocycles. The van der Waals surface area contributed by atoms with Crippen LogP contribution < -0.4 is 5.32 Å². The molecule has 1 N–H and O–H groups in total. The highest BCUT2D eigenvalue weighted by Gasteiger charge is 2.31. The van der Waals surface area contributed by atoms with Gasteiger partial charge in [-0.3, -0.25) is 9.89 Å². The first-order valence-corrected chi connectivity index (χ1v) is 9.90. The zero-order chi connectivity index (χ0) is 18.6. The summed E-state index contributed by atoms with van der Waals surface area (Å²) < 4.78 is 5.54. The van der Waals surface area contributed by atoms with Gasteiger partial charge in [-0.25, -0.2) is 0 Å². The van der Waals surface area contributed by atoms with Crippen molar-refractivity contribution in [2.45, 2.75) is 26.3 Å². The van der Waals surface area contributed by atoms with Crippen LogP contribution in [0.4, 0.5) is 0 Å². The summed E-state index contributed by atoms with van der Waals surface area (Å²) in [7, 11) is 1.87. The summed E-state index contributed by atoms with van der Waals surface area (Å²) in [5.74, 6) is 0.987. The molecular weight excluding hydrogens is 348 g/mol. The molecule has 6 heteroatoms. The van der Waals surface area contributed by atoms with Crippen molar-refractivity contribution in [1.82, 2.24) is 15.1 Å². The van der Waals surface area contributed by atoms with Crippen molar-refractivity contribution in [3.8, 4) is 0 Å². The zero-order valence-electron chi connectivity index (χ0n) is 16.2. The predicted molar refractivity (Wildman–Crippen MR) is 108 cm³/mol. The number of morpholine rings is 1. The molecule has 2 fully saturated rings. The van der Waals surface area contributed by atoms with Gasteiger partial charge in [0.05, 0.1) is 19.3 Å². The third-order valence-corrected chi connectivity index (χ3v) is 5.74. The molecule has 0 amide bonds. The van der Waals surface area contributed by atoms with Crippen molar-refractivity contribution in [1.29, 1.82) is 0 Å². The standard InChI is InChI=1S/C20H31ClN4O/c1-20(2)8-9-25(15-20)19(22-3)23-14-18(24-10-12-26-13-11-24)16-6-4-5-7-17(16)21/h4-7,18H,8-15H2,1-3H3,(H,22,23). The molecular formula is C20H31ClN4O. The second-order valence-electron chi connectivity index (χ2n) is 7.95. The van der Waals surface area contributed by atoms with Gasteiger partial charge in [0.1, 0.15) is 0 Å². The van der Waals surface area contributed by atoms with E-state index in [1.165, 1.54) is 12.0 Å². The number of aliphatic imine (C=N–C) groups is 1. The Balaban J connectivity index is 1.72. The molecule has 2 aliphatic heterocycles. The van der Waals surface area contributed by atoms with Gasteiger partial charge in [0, 0.05) is 44.8 Å². The van der Waals surface area contributed by atoms with Crippen LogP contribution in [-0.2, 0) is 4.74 Å². The molecule has 26 heavy (non-hydrogen) atoms. The highest BCUT2D eigenvalue weighted by molar-refractivity contribution is 6.31. The maximum Gasteiger partial charge on any atom is 0.193 e. The third kappa shape index (κ3) is 4.70. The first-order valence-electron chi connectivity index (χ1n) is 9.52. The van der Waals surface area contributed by atoms with Gasteiger partial charge in [-0.15, -0.1) is 0 Å². The average Bonchev–Trinajstić information content (AvgIpc) is 3.00. The quantitative estimate of drug-likeness (QED) is 0.645. The molecule has 0 aromatic heterocycles. The van der Waals surface area contributed by atoms with Gasteiger partial charge in [0.15, 0.2) is 5.96 Å². The van der Waals surface area contributed by atoms with Gasteiger partial charge >= 0.3 is 0 Å². The monoisotopic (exact) mass is 378 g/mol. The van der Waals surface area contributed by atoms with Crippen LogP contribution in [0.2, 0.25) is 5.02 Å². The topological polar surface area (TPSA) is 40.1 Å². The summed E-state index contributed by atoms with van der Waals surface area (Å²) in [5.41, 5.74) is 1.52. The van der Waals surface area contributed by atoms with E-state index in [0.29, 0.717) is 5.41 Å². The Bertz CT molecular complexity index is 628. The summed E-state index contributed by atoms with van der Waals surface area (Å²) in [6.45, 7) is 10.9. The fourth-order valence-corrected chi connectivity index (χ4v) is 4.15. The Hall–Kier alpha value is -1.30. The fraction of sp³-hybridized carbons (Fsp3) is 0.650. The van der Waals surface area contributed by atoms with Crippen LogP contribution in [0.15, 0.2) is 29.3 Å². The van der Waals surface area contributed by atoms with Crippen molar-refractivity contribution in [3.63, 3.8) is 0 Å². The SMILES string of the molecule is CN=C(NCC(c1ccccc1Cl)N1CCOCC1)N1CCC(C)(C)C1. The maximum absolute atomic E-state index is 6.53. The van der Waals surface area contributed by atoms with E-state index < -0.39 is 0 Å². The van der Waals surface area contributed by atoms with E-state index >= 15 is 0 Å². The lowest BCUT2D eigenvalue weighted by atomic mass is 9.93.